The van der Waals surface area contributed by atoms with E-state index in [1.54, 1.807) is 0 Å². The Bertz CT molecular complexity index is 440. The molecule has 0 saturated carbocycles. The first-order valence-electron chi connectivity index (χ1n) is 7.52. The fraction of sp³-hybridized carbons (Fsp3) is 0.562. The van der Waals surface area contributed by atoms with Gasteiger partial charge in [0.05, 0.1) is 6.04 Å². The molecule has 1 fully saturated rings. The normalized spacial score (nSPS) is 20.3. The minimum absolute atomic E-state index is 0.0893. The summed E-state index contributed by atoms with van der Waals surface area (Å²) in [7, 11) is 0. The lowest BCUT2D eigenvalue weighted by Gasteiger charge is -2.37. The van der Waals surface area contributed by atoms with Gasteiger partial charge in [-0.15, -0.1) is 0 Å². The fourth-order valence-electron chi connectivity index (χ4n) is 2.73. The quantitative estimate of drug-likeness (QED) is 0.826. The molecule has 0 unspecified atom stereocenters. The van der Waals surface area contributed by atoms with Crippen LogP contribution in [-0.4, -0.2) is 54.5 Å². The Balaban J connectivity index is 1.95. The highest BCUT2D eigenvalue weighted by atomic mass is 32.2. The summed E-state index contributed by atoms with van der Waals surface area (Å²) >= 11 is 1.82. The van der Waals surface area contributed by atoms with E-state index >= 15 is 0 Å². The Morgan fingerprint density at radius 1 is 1.48 bits per heavy atom. The molecule has 0 aliphatic carbocycles. The number of carbonyl (C=O) groups excluding carboxylic acids is 1. The van der Waals surface area contributed by atoms with E-state index in [2.05, 4.69) is 11.6 Å². The Morgan fingerprint density at radius 3 is 2.95 bits per heavy atom. The number of benzene rings is 1. The molecule has 0 radical (unpaired) electrons. The standard InChI is InChI=1S/C16H25N3OS/c1-21-10-7-14-12-18-8-9-19(14)16(20)15(17)11-13-5-3-2-4-6-13/h2-6,14-15,18H,7-12,17H2,1H3/t14-,15-/m0/s1. The number of carbonyl (C=O) groups is 1. The summed E-state index contributed by atoms with van der Waals surface area (Å²) in [6, 6.07) is 9.83. The van der Waals surface area contributed by atoms with Crippen molar-refractivity contribution in [3.8, 4) is 0 Å². The minimum Gasteiger partial charge on any atom is -0.336 e. The van der Waals surface area contributed by atoms with Crippen molar-refractivity contribution < 1.29 is 4.79 Å². The highest BCUT2D eigenvalue weighted by Gasteiger charge is 2.29. The Hall–Kier alpha value is -1.04. The summed E-state index contributed by atoms with van der Waals surface area (Å²) < 4.78 is 0. The lowest BCUT2D eigenvalue weighted by molar-refractivity contribution is -0.135. The Kier molecular flexibility index (Phi) is 6.54. The van der Waals surface area contributed by atoms with Crippen LogP contribution in [0.3, 0.4) is 0 Å². The molecule has 0 bridgehead atoms. The van der Waals surface area contributed by atoms with Crippen molar-refractivity contribution in [2.75, 3.05) is 31.6 Å². The van der Waals surface area contributed by atoms with Crippen LogP contribution >= 0.6 is 11.8 Å². The van der Waals surface area contributed by atoms with Gasteiger partial charge in [-0.25, -0.2) is 0 Å². The van der Waals surface area contributed by atoms with Gasteiger partial charge < -0.3 is 16.0 Å². The summed E-state index contributed by atoms with van der Waals surface area (Å²) in [5, 5.41) is 3.37. The lowest BCUT2D eigenvalue weighted by Crippen LogP contribution is -2.58. The van der Waals surface area contributed by atoms with Gasteiger partial charge in [0.25, 0.3) is 0 Å². The average molecular weight is 307 g/mol. The van der Waals surface area contributed by atoms with Gasteiger partial charge in [0.1, 0.15) is 0 Å². The molecule has 21 heavy (non-hydrogen) atoms. The number of thioether (sulfide) groups is 1. The first-order valence-corrected chi connectivity index (χ1v) is 8.91. The third-order valence-corrected chi connectivity index (χ3v) is 4.55. The number of piperazine rings is 1. The molecule has 0 spiro atoms. The van der Waals surface area contributed by atoms with Crippen LogP contribution in [0, 0.1) is 0 Å². The van der Waals surface area contributed by atoms with Crippen LogP contribution in [0.5, 0.6) is 0 Å². The minimum atomic E-state index is -0.442. The van der Waals surface area contributed by atoms with Gasteiger partial charge in [0.2, 0.25) is 5.91 Å². The predicted molar refractivity (Wildman–Crippen MR) is 89.5 cm³/mol. The second kappa shape index (κ2) is 8.41. The van der Waals surface area contributed by atoms with E-state index in [-0.39, 0.29) is 11.9 Å². The van der Waals surface area contributed by atoms with Gasteiger partial charge in [-0.05, 0) is 30.4 Å². The molecule has 1 heterocycles. The maximum atomic E-state index is 12.6. The van der Waals surface area contributed by atoms with E-state index in [1.807, 2.05) is 47.0 Å². The van der Waals surface area contributed by atoms with E-state index < -0.39 is 6.04 Å². The van der Waals surface area contributed by atoms with Crippen molar-refractivity contribution in [1.29, 1.82) is 0 Å². The van der Waals surface area contributed by atoms with E-state index in [0.29, 0.717) is 6.42 Å². The lowest BCUT2D eigenvalue weighted by atomic mass is 10.0. The number of nitrogens with two attached hydrogens (primary N) is 1. The number of hydrogen-bond donors (Lipinski definition) is 2. The molecule has 2 rings (SSSR count). The topological polar surface area (TPSA) is 58.4 Å². The van der Waals surface area contributed by atoms with Crippen molar-refractivity contribution in [3.63, 3.8) is 0 Å². The molecule has 1 amide bonds. The van der Waals surface area contributed by atoms with Crippen LogP contribution in [0.25, 0.3) is 0 Å². The number of nitrogens with one attached hydrogen (secondary N) is 1. The average Bonchev–Trinajstić information content (AvgIpc) is 2.53. The summed E-state index contributed by atoms with van der Waals surface area (Å²) in [6.45, 7) is 2.50. The zero-order valence-electron chi connectivity index (χ0n) is 12.6. The molecular weight excluding hydrogens is 282 g/mol. The number of rotatable bonds is 6. The summed E-state index contributed by atoms with van der Waals surface area (Å²) in [4.78, 5) is 14.6. The molecule has 1 aliphatic rings. The van der Waals surface area contributed by atoms with Crippen molar-refractivity contribution in [1.82, 2.24) is 10.2 Å². The zero-order chi connectivity index (χ0) is 15.1. The number of amides is 1. The van der Waals surface area contributed by atoms with Gasteiger partial charge >= 0.3 is 0 Å². The van der Waals surface area contributed by atoms with Gasteiger partial charge in [-0.3, -0.25) is 4.79 Å². The Morgan fingerprint density at radius 2 is 2.24 bits per heavy atom. The first-order chi connectivity index (χ1) is 10.2. The highest BCUT2D eigenvalue weighted by Crippen LogP contribution is 2.13. The van der Waals surface area contributed by atoms with Crippen molar-refractivity contribution >= 4 is 17.7 Å². The maximum Gasteiger partial charge on any atom is 0.240 e. The van der Waals surface area contributed by atoms with Crippen molar-refractivity contribution in [2.24, 2.45) is 5.73 Å². The van der Waals surface area contributed by atoms with E-state index in [4.69, 9.17) is 5.73 Å². The Labute approximate surface area is 131 Å². The van der Waals surface area contributed by atoms with Crippen LogP contribution in [0.1, 0.15) is 12.0 Å². The molecule has 2 atom stereocenters. The molecule has 0 aromatic heterocycles. The van der Waals surface area contributed by atoms with Crippen LogP contribution in [0.15, 0.2) is 30.3 Å². The highest BCUT2D eigenvalue weighted by molar-refractivity contribution is 7.98. The summed E-state index contributed by atoms with van der Waals surface area (Å²) in [5.41, 5.74) is 7.27. The van der Waals surface area contributed by atoms with Crippen molar-refractivity contribution in [2.45, 2.75) is 24.9 Å². The second-order valence-electron chi connectivity index (χ2n) is 5.47. The molecule has 1 aromatic carbocycles. The monoisotopic (exact) mass is 307 g/mol. The van der Waals surface area contributed by atoms with Gasteiger partial charge in [0, 0.05) is 25.7 Å². The number of hydrogen-bond acceptors (Lipinski definition) is 4. The predicted octanol–water partition coefficient (Wildman–Crippen LogP) is 1.11. The number of nitrogens with zero attached hydrogens (tertiary/aromatic N) is 1. The van der Waals surface area contributed by atoms with E-state index in [0.717, 1.165) is 37.4 Å². The molecule has 1 aliphatic heterocycles. The third kappa shape index (κ3) is 4.73. The second-order valence-corrected chi connectivity index (χ2v) is 6.45. The van der Waals surface area contributed by atoms with Gasteiger partial charge in [0.15, 0.2) is 0 Å². The maximum absolute atomic E-state index is 12.6. The molecular formula is C16H25N3OS. The van der Waals surface area contributed by atoms with E-state index in [1.165, 1.54) is 0 Å². The molecule has 1 aromatic rings. The van der Waals surface area contributed by atoms with Crippen LogP contribution in [0.2, 0.25) is 0 Å². The molecule has 4 nitrogen and oxygen atoms in total. The summed E-state index contributed by atoms with van der Waals surface area (Å²) in [5.74, 6) is 1.16. The van der Waals surface area contributed by atoms with Crippen LogP contribution in [-0.2, 0) is 11.2 Å². The summed E-state index contributed by atoms with van der Waals surface area (Å²) in [6.07, 6.45) is 3.74. The largest absolute Gasteiger partial charge is 0.336 e. The van der Waals surface area contributed by atoms with Crippen LogP contribution in [0.4, 0.5) is 0 Å². The van der Waals surface area contributed by atoms with Gasteiger partial charge in [-0.2, -0.15) is 11.8 Å². The smallest absolute Gasteiger partial charge is 0.240 e. The fourth-order valence-corrected chi connectivity index (χ4v) is 3.24. The van der Waals surface area contributed by atoms with Crippen LogP contribution < -0.4 is 11.1 Å². The van der Waals surface area contributed by atoms with Crippen molar-refractivity contribution in [3.05, 3.63) is 35.9 Å². The third-order valence-electron chi connectivity index (χ3n) is 3.90. The van der Waals surface area contributed by atoms with E-state index in [9.17, 15) is 4.79 Å². The zero-order valence-corrected chi connectivity index (χ0v) is 13.4. The SMILES string of the molecule is CSCC[C@H]1CNCCN1C(=O)[C@@H](N)Cc1ccccc1. The molecule has 5 heteroatoms. The molecule has 116 valence electrons. The first kappa shape index (κ1) is 16.3. The molecule has 3 N–H and O–H groups in total. The van der Waals surface area contributed by atoms with Gasteiger partial charge in [-0.1, -0.05) is 30.3 Å². The molecule has 1 saturated heterocycles.